The average Bonchev–Trinajstić information content (AvgIpc) is 2.49. The van der Waals surface area contributed by atoms with E-state index in [2.05, 4.69) is 49.4 Å². The lowest BCUT2D eigenvalue weighted by molar-refractivity contribution is 0.102. The van der Waals surface area contributed by atoms with Crippen LogP contribution in [0.5, 0.6) is 0 Å². The Morgan fingerprint density at radius 3 is 2.24 bits per heavy atom. The van der Waals surface area contributed by atoms with E-state index >= 15 is 0 Å². The number of benzene rings is 2. The lowest BCUT2D eigenvalue weighted by atomic mass is 10.2. The minimum Gasteiger partial charge on any atom is -0.385 e. The van der Waals surface area contributed by atoms with E-state index in [1.165, 1.54) is 0 Å². The lowest BCUT2D eigenvalue weighted by Gasteiger charge is -2.10. The van der Waals surface area contributed by atoms with Gasteiger partial charge in [0.2, 0.25) is 0 Å². The van der Waals surface area contributed by atoms with Crippen LogP contribution in [0, 0.1) is 0 Å². The molecular weight excluding hydrogens is 396 g/mol. The molecule has 110 valence electrons. The predicted octanol–water partition coefficient (Wildman–Crippen LogP) is 5.29. The molecule has 0 heterocycles. The summed E-state index contributed by atoms with van der Waals surface area (Å²) in [4.78, 5) is 12.3. The zero-order valence-corrected chi connectivity index (χ0v) is 14.8. The van der Waals surface area contributed by atoms with Gasteiger partial charge in [-0.3, -0.25) is 4.79 Å². The largest absolute Gasteiger partial charge is 0.385 e. The number of rotatable bonds is 5. The molecule has 21 heavy (non-hydrogen) atoms. The highest BCUT2D eigenvalue weighted by atomic mass is 79.9. The number of para-hydroxylation sites is 1. The summed E-state index contributed by atoms with van der Waals surface area (Å²) < 4.78 is 1.68. The molecule has 0 aromatic heterocycles. The Bertz CT molecular complexity index is 606. The second kappa shape index (κ2) is 7.61. The molecule has 0 unspecified atom stereocenters. The van der Waals surface area contributed by atoms with Gasteiger partial charge in [0.15, 0.2) is 0 Å². The maximum atomic E-state index is 12.3. The Labute approximate surface area is 141 Å². The van der Waals surface area contributed by atoms with Crippen molar-refractivity contribution in [3.8, 4) is 0 Å². The van der Waals surface area contributed by atoms with Crippen molar-refractivity contribution in [2.75, 3.05) is 17.2 Å². The molecule has 0 fully saturated rings. The number of halogens is 2. The number of hydrogen-bond acceptors (Lipinski definition) is 2. The van der Waals surface area contributed by atoms with E-state index in [-0.39, 0.29) is 5.91 Å². The fraction of sp³-hybridized carbons (Fsp3) is 0.188. The van der Waals surface area contributed by atoms with E-state index in [0.717, 1.165) is 33.3 Å². The summed E-state index contributed by atoms with van der Waals surface area (Å²) in [5.41, 5.74) is 2.38. The van der Waals surface area contributed by atoms with E-state index in [4.69, 9.17) is 0 Å². The van der Waals surface area contributed by atoms with Gasteiger partial charge in [-0.05, 0) is 74.7 Å². The third-order valence-corrected chi connectivity index (χ3v) is 4.25. The van der Waals surface area contributed by atoms with Crippen molar-refractivity contribution in [2.24, 2.45) is 0 Å². The van der Waals surface area contributed by atoms with E-state index in [1.807, 2.05) is 42.5 Å². The maximum absolute atomic E-state index is 12.3. The Morgan fingerprint density at radius 2 is 1.67 bits per heavy atom. The zero-order chi connectivity index (χ0) is 15.2. The van der Waals surface area contributed by atoms with Crippen LogP contribution in [0.2, 0.25) is 0 Å². The predicted molar refractivity (Wildman–Crippen MR) is 95.0 cm³/mol. The summed E-state index contributed by atoms with van der Waals surface area (Å²) in [7, 11) is 0. The molecule has 2 rings (SSSR count). The second-order valence-corrected chi connectivity index (χ2v) is 6.26. The number of amides is 1. The molecule has 0 aliphatic rings. The van der Waals surface area contributed by atoms with Crippen molar-refractivity contribution in [3.05, 3.63) is 57.0 Å². The number of carbonyl (C=O) groups excluding carboxylic acids is 1. The highest BCUT2D eigenvalue weighted by molar-refractivity contribution is 9.11. The SMILES string of the molecule is CCCNc1ccc(C(=O)Nc2c(Br)cccc2Br)cc1. The topological polar surface area (TPSA) is 41.1 Å². The third kappa shape index (κ3) is 4.32. The molecule has 2 aromatic carbocycles. The first-order chi connectivity index (χ1) is 10.1. The summed E-state index contributed by atoms with van der Waals surface area (Å²) in [6.45, 7) is 3.04. The molecule has 0 saturated carbocycles. The quantitative estimate of drug-likeness (QED) is 0.702. The molecule has 0 saturated heterocycles. The average molecular weight is 412 g/mol. The molecule has 0 aliphatic heterocycles. The van der Waals surface area contributed by atoms with Crippen molar-refractivity contribution in [1.29, 1.82) is 0 Å². The first kappa shape index (κ1) is 16.0. The normalized spacial score (nSPS) is 10.2. The number of anilines is 2. The Hall–Kier alpha value is -1.33. The lowest BCUT2D eigenvalue weighted by Crippen LogP contribution is -2.12. The van der Waals surface area contributed by atoms with E-state index < -0.39 is 0 Å². The van der Waals surface area contributed by atoms with Crippen LogP contribution in [0.25, 0.3) is 0 Å². The molecule has 3 nitrogen and oxygen atoms in total. The van der Waals surface area contributed by atoms with Crippen molar-refractivity contribution >= 4 is 49.1 Å². The molecule has 0 radical (unpaired) electrons. The Kier molecular flexibility index (Phi) is 5.82. The molecule has 5 heteroatoms. The van der Waals surface area contributed by atoms with Gasteiger partial charge in [0.25, 0.3) is 5.91 Å². The Balaban J connectivity index is 2.10. The van der Waals surface area contributed by atoms with Gasteiger partial charge in [-0.25, -0.2) is 0 Å². The van der Waals surface area contributed by atoms with Crippen LogP contribution < -0.4 is 10.6 Å². The van der Waals surface area contributed by atoms with Gasteiger partial charge in [-0.2, -0.15) is 0 Å². The summed E-state index contributed by atoms with van der Waals surface area (Å²) in [6, 6.07) is 13.1. The van der Waals surface area contributed by atoms with Crippen LogP contribution in [0.15, 0.2) is 51.4 Å². The first-order valence-electron chi connectivity index (χ1n) is 6.71. The van der Waals surface area contributed by atoms with Crippen LogP contribution in [-0.4, -0.2) is 12.5 Å². The number of carbonyl (C=O) groups is 1. The van der Waals surface area contributed by atoms with Gasteiger partial charge >= 0.3 is 0 Å². The highest BCUT2D eigenvalue weighted by Gasteiger charge is 2.10. The van der Waals surface area contributed by atoms with Gasteiger partial charge in [-0.1, -0.05) is 13.0 Å². The van der Waals surface area contributed by atoms with Gasteiger partial charge in [0.05, 0.1) is 5.69 Å². The summed E-state index contributed by atoms with van der Waals surface area (Å²) >= 11 is 6.87. The molecular formula is C16H16Br2N2O. The summed E-state index contributed by atoms with van der Waals surface area (Å²) in [5.74, 6) is -0.135. The molecule has 0 atom stereocenters. The Morgan fingerprint density at radius 1 is 1.05 bits per heavy atom. The van der Waals surface area contributed by atoms with Crippen LogP contribution in [0.3, 0.4) is 0 Å². The summed E-state index contributed by atoms with van der Waals surface area (Å²) in [5, 5.41) is 6.19. The fourth-order valence-electron chi connectivity index (χ4n) is 1.81. The van der Waals surface area contributed by atoms with Gasteiger partial charge in [-0.15, -0.1) is 0 Å². The van der Waals surface area contributed by atoms with Crippen LogP contribution in [-0.2, 0) is 0 Å². The monoisotopic (exact) mass is 410 g/mol. The fourth-order valence-corrected chi connectivity index (χ4v) is 3.01. The molecule has 0 bridgehead atoms. The minimum atomic E-state index is -0.135. The molecule has 2 N–H and O–H groups in total. The van der Waals surface area contributed by atoms with Crippen molar-refractivity contribution in [2.45, 2.75) is 13.3 Å². The first-order valence-corrected chi connectivity index (χ1v) is 8.29. The van der Waals surface area contributed by atoms with Crippen LogP contribution >= 0.6 is 31.9 Å². The van der Waals surface area contributed by atoms with E-state index in [9.17, 15) is 4.79 Å². The molecule has 1 amide bonds. The molecule has 2 aromatic rings. The van der Waals surface area contributed by atoms with Crippen molar-refractivity contribution in [3.63, 3.8) is 0 Å². The van der Waals surface area contributed by atoms with Crippen molar-refractivity contribution in [1.82, 2.24) is 0 Å². The van der Waals surface area contributed by atoms with Crippen molar-refractivity contribution < 1.29 is 4.79 Å². The van der Waals surface area contributed by atoms with Crippen LogP contribution in [0.4, 0.5) is 11.4 Å². The van der Waals surface area contributed by atoms with E-state index in [1.54, 1.807) is 0 Å². The third-order valence-electron chi connectivity index (χ3n) is 2.93. The number of hydrogen-bond donors (Lipinski definition) is 2. The minimum absolute atomic E-state index is 0.135. The smallest absolute Gasteiger partial charge is 0.255 e. The standard InChI is InChI=1S/C16H16Br2N2O/c1-2-10-19-12-8-6-11(7-9-12)16(21)20-15-13(17)4-3-5-14(15)18/h3-9,19H,2,10H2,1H3,(H,20,21). The van der Waals surface area contributed by atoms with Gasteiger partial charge < -0.3 is 10.6 Å². The molecule has 0 spiro atoms. The van der Waals surface area contributed by atoms with Crippen LogP contribution in [0.1, 0.15) is 23.7 Å². The highest BCUT2D eigenvalue weighted by Crippen LogP contribution is 2.30. The molecule has 0 aliphatic carbocycles. The second-order valence-electron chi connectivity index (χ2n) is 4.55. The number of nitrogens with one attached hydrogen (secondary N) is 2. The van der Waals surface area contributed by atoms with Gasteiger partial charge in [0, 0.05) is 26.7 Å². The zero-order valence-electron chi connectivity index (χ0n) is 11.6. The van der Waals surface area contributed by atoms with Gasteiger partial charge in [0.1, 0.15) is 0 Å². The van der Waals surface area contributed by atoms with E-state index in [0.29, 0.717) is 5.56 Å². The maximum Gasteiger partial charge on any atom is 0.255 e. The summed E-state index contributed by atoms with van der Waals surface area (Å²) in [6.07, 6.45) is 1.07.